The van der Waals surface area contributed by atoms with Crippen LogP contribution in [0.4, 0.5) is 0 Å². The van der Waals surface area contributed by atoms with Gasteiger partial charge in [-0.15, -0.1) is 0 Å². The average molecular weight is 206 g/mol. The Morgan fingerprint density at radius 3 is 2.25 bits per heavy atom. The van der Waals surface area contributed by atoms with Crippen LogP contribution in [0.1, 0.15) is 46.0 Å². The van der Waals surface area contributed by atoms with Gasteiger partial charge >= 0.3 is 8.69 Å². The third kappa shape index (κ3) is 16.9. The van der Waals surface area contributed by atoms with E-state index < -0.39 is 8.69 Å². The highest BCUT2D eigenvalue weighted by atomic mass is 31.1. The Bertz CT molecular complexity index is 91.1. The van der Waals surface area contributed by atoms with E-state index in [1.807, 2.05) is 0 Å². The molecule has 0 heterocycles. The van der Waals surface area contributed by atoms with Crippen molar-refractivity contribution in [1.82, 2.24) is 0 Å². The Balaban J connectivity index is 0. The third-order valence-corrected chi connectivity index (χ3v) is 3.39. The van der Waals surface area contributed by atoms with E-state index in [0.717, 1.165) is 4.78 Å². The minimum absolute atomic E-state index is 0.833. The molecule has 4 heteroatoms. The van der Waals surface area contributed by atoms with Gasteiger partial charge in [-0.25, -0.2) is 4.57 Å². The first-order chi connectivity index (χ1) is 5.72. The summed E-state index contributed by atoms with van der Waals surface area (Å²) in [7, 11) is -0.833. The van der Waals surface area contributed by atoms with Gasteiger partial charge in [-0.1, -0.05) is 50.7 Å². The molecule has 0 bridgehead atoms. The lowest BCUT2D eigenvalue weighted by molar-refractivity contribution is 0.524. The molecule has 2 nitrogen and oxygen atoms in total. The summed E-state index contributed by atoms with van der Waals surface area (Å²) < 4.78 is 9.55. The van der Waals surface area contributed by atoms with E-state index in [4.69, 9.17) is 9.46 Å². The molecule has 0 saturated carbocycles. The van der Waals surface area contributed by atoms with Crippen molar-refractivity contribution < 1.29 is 9.46 Å². The van der Waals surface area contributed by atoms with Gasteiger partial charge in [0.05, 0.1) is 0 Å². The molecule has 0 aromatic heterocycles. The van der Waals surface area contributed by atoms with Gasteiger partial charge in [-0.05, 0) is 0 Å². The van der Waals surface area contributed by atoms with Crippen LogP contribution in [0.2, 0.25) is 4.78 Å². The fourth-order valence-corrected chi connectivity index (χ4v) is 1.36. The topological polar surface area (TPSA) is 37.3 Å². The molecule has 0 aromatic rings. The molecule has 0 aliphatic carbocycles. The van der Waals surface area contributed by atoms with Crippen molar-refractivity contribution in [1.29, 1.82) is 0 Å². The van der Waals surface area contributed by atoms with Crippen LogP contribution in [0.5, 0.6) is 0 Å². The standard InChI is InChI=1S/C8H17.Al.HO2P.2H/c1-3-5-7-8-6-4-2;;1-3-2;;/h5H,3-4,6-8H2,1-2H3;;(H,1,2);;. The summed E-state index contributed by atoms with van der Waals surface area (Å²) in [5, 5.41) is 0. The number of unbranched alkanes of at least 4 members (excludes halogenated alkanes) is 2. The minimum atomic E-state index is -0.833. The summed E-state index contributed by atoms with van der Waals surface area (Å²) in [6.45, 7) is 4.58. The Hall–Kier alpha value is 0.592. The molecule has 1 N–H and O–H groups in total. The zero-order chi connectivity index (χ0) is 9.82. The van der Waals surface area contributed by atoms with Gasteiger partial charge in [0.15, 0.2) is 0 Å². The number of hydrogen-bond acceptors (Lipinski definition) is 1. The van der Waals surface area contributed by atoms with Gasteiger partial charge in [-0.2, -0.15) is 0 Å². The largest absolute Gasteiger partial charge is 0.324 e. The summed E-state index contributed by atoms with van der Waals surface area (Å²) in [6, 6.07) is 0. The van der Waals surface area contributed by atoms with Crippen molar-refractivity contribution in [3.8, 4) is 0 Å². The van der Waals surface area contributed by atoms with Gasteiger partial charge in [0.25, 0.3) is 0 Å². The zero-order valence-electron chi connectivity index (χ0n) is 8.42. The maximum absolute atomic E-state index is 8.46. The normalized spacial score (nSPS) is 11.9. The number of rotatable bonds is 5. The smallest absolute Gasteiger partial charge is 0.310 e. The molecular weight excluding hydrogens is 186 g/mol. The van der Waals surface area contributed by atoms with Crippen molar-refractivity contribution in [2.45, 2.75) is 50.7 Å². The van der Waals surface area contributed by atoms with Crippen LogP contribution in [-0.2, 0) is 4.57 Å². The van der Waals surface area contributed by atoms with Crippen molar-refractivity contribution in [2.24, 2.45) is 0 Å². The molecule has 1 atom stereocenters. The molecule has 72 valence electrons. The van der Waals surface area contributed by atoms with E-state index in [0.29, 0.717) is 0 Å². The van der Waals surface area contributed by atoms with Crippen molar-refractivity contribution >= 4 is 25.0 Å². The third-order valence-electron chi connectivity index (χ3n) is 2.00. The lowest BCUT2D eigenvalue weighted by Crippen LogP contribution is -1.89. The predicted molar refractivity (Wildman–Crippen MR) is 56.6 cm³/mol. The molecule has 0 saturated heterocycles. The van der Waals surface area contributed by atoms with Gasteiger partial charge in [-0.3, -0.25) is 0 Å². The first kappa shape index (κ1) is 15.1. The molecule has 12 heavy (non-hydrogen) atoms. The Morgan fingerprint density at radius 1 is 1.42 bits per heavy atom. The minimum Gasteiger partial charge on any atom is -0.310 e. The van der Waals surface area contributed by atoms with Crippen LogP contribution in [0.25, 0.3) is 0 Å². The Labute approximate surface area is 85.5 Å². The zero-order valence-corrected chi connectivity index (χ0v) is 11.3. The summed E-state index contributed by atoms with van der Waals surface area (Å²) in [6.07, 6.45) is 7.20. The van der Waals surface area contributed by atoms with Crippen LogP contribution >= 0.6 is 8.69 Å². The highest BCUT2D eigenvalue weighted by Crippen LogP contribution is 2.14. The second kappa shape index (κ2) is 14.1. The molecular formula is C8H20AlO2P. The van der Waals surface area contributed by atoms with Gasteiger partial charge in [0.2, 0.25) is 16.3 Å². The molecule has 0 rings (SSSR count). The molecule has 0 aliphatic heterocycles. The molecule has 1 unspecified atom stereocenters. The number of hydrogen-bond donors (Lipinski definition) is 1. The molecule has 0 amide bonds. The highest BCUT2D eigenvalue weighted by molar-refractivity contribution is 7.16. The van der Waals surface area contributed by atoms with Crippen LogP contribution in [0.3, 0.4) is 0 Å². The predicted octanol–water partition coefficient (Wildman–Crippen LogP) is 2.58. The van der Waals surface area contributed by atoms with E-state index in [-0.39, 0.29) is 0 Å². The van der Waals surface area contributed by atoms with Crippen molar-refractivity contribution in [2.75, 3.05) is 0 Å². The molecule has 0 aromatic carbocycles. The van der Waals surface area contributed by atoms with E-state index in [1.54, 1.807) is 0 Å². The van der Waals surface area contributed by atoms with Gasteiger partial charge in [0.1, 0.15) is 0 Å². The fourth-order valence-electron chi connectivity index (χ4n) is 0.947. The van der Waals surface area contributed by atoms with Crippen LogP contribution in [0.15, 0.2) is 0 Å². The fraction of sp³-hybridized carbons (Fsp3) is 1.00. The van der Waals surface area contributed by atoms with Crippen LogP contribution in [-0.4, -0.2) is 21.2 Å². The van der Waals surface area contributed by atoms with E-state index in [1.165, 1.54) is 48.4 Å². The maximum atomic E-state index is 8.46. The SMILES string of the molecule is CCCCC[CH]([AlH2])CC.O=PO. The van der Waals surface area contributed by atoms with Crippen molar-refractivity contribution in [3.63, 3.8) is 0 Å². The van der Waals surface area contributed by atoms with E-state index in [2.05, 4.69) is 13.8 Å². The van der Waals surface area contributed by atoms with Gasteiger partial charge < -0.3 is 4.89 Å². The van der Waals surface area contributed by atoms with E-state index in [9.17, 15) is 0 Å². The molecule has 0 spiro atoms. The second-order valence-corrected chi connectivity index (χ2v) is 4.89. The summed E-state index contributed by atoms with van der Waals surface area (Å²) in [5.74, 6) is 0. The highest BCUT2D eigenvalue weighted by Gasteiger charge is 1.96. The van der Waals surface area contributed by atoms with Crippen LogP contribution < -0.4 is 0 Å². The average Bonchev–Trinajstić information content (AvgIpc) is 2.06. The Kier molecular flexibility index (Phi) is 17.8. The Morgan fingerprint density at radius 2 is 1.92 bits per heavy atom. The first-order valence-corrected chi connectivity index (χ1v) is 6.61. The summed E-state index contributed by atoms with van der Waals surface area (Å²) in [5.41, 5.74) is 0. The summed E-state index contributed by atoms with van der Waals surface area (Å²) in [4.78, 5) is 6.99. The monoisotopic (exact) mass is 206 g/mol. The van der Waals surface area contributed by atoms with Gasteiger partial charge in [0, 0.05) is 0 Å². The molecule has 0 aliphatic rings. The first-order valence-electron chi connectivity index (χ1n) is 4.69. The van der Waals surface area contributed by atoms with Crippen molar-refractivity contribution in [3.05, 3.63) is 0 Å². The second-order valence-electron chi connectivity index (χ2n) is 3.09. The van der Waals surface area contributed by atoms with E-state index >= 15 is 0 Å². The summed E-state index contributed by atoms with van der Waals surface area (Å²) >= 11 is 1.41. The van der Waals surface area contributed by atoms with Crippen LogP contribution in [0, 0.1) is 0 Å². The lowest BCUT2D eigenvalue weighted by atomic mass is 10.1. The quantitative estimate of drug-likeness (QED) is 0.426. The maximum Gasteiger partial charge on any atom is 0.324 e. The molecule has 0 radical (unpaired) electrons. The lowest BCUT2D eigenvalue weighted by Gasteiger charge is -2.05. The molecule has 0 fully saturated rings.